The van der Waals surface area contributed by atoms with Crippen LogP contribution in [0.3, 0.4) is 0 Å². The number of rotatable bonds is 6. The van der Waals surface area contributed by atoms with Crippen LogP contribution in [0.2, 0.25) is 0 Å². The third-order valence-electron chi connectivity index (χ3n) is 5.22. The van der Waals surface area contributed by atoms with Gasteiger partial charge in [0.25, 0.3) is 11.8 Å². The van der Waals surface area contributed by atoms with Gasteiger partial charge in [-0.15, -0.1) is 0 Å². The number of benzene rings is 2. The molecular weight excluding hydrogens is 352 g/mol. The summed E-state index contributed by atoms with van der Waals surface area (Å²) in [7, 11) is 0. The topological polar surface area (TPSA) is 67.4 Å². The lowest BCUT2D eigenvalue weighted by Gasteiger charge is -2.22. The van der Waals surface area contributed by atoms with Gasteiger partial charge in [0.2, 0.25) is 0 Å². The Bertz CT molecular complexity index is 824. The van der Waals surface area contributed by atoms with E-state index in [4.69, 9.17) is 4.74 Å². The second kappa shape index (κ2) is 9.40. The maximum atomic E-state index is 12.3. The van der Waals surface area contributed by atoms with E-state index in [-0.39, 0.29) is 24.5 Å². The zero-order chi connectivity index (χ0) is 19.9. The van der Waals surface area contributed by atoms with E-state index in [2.05, 4.69) is 10.6 Å². The first-order valence-corrected chi connectivity index (χ1v) is 9.92. The first-order chi connectivity index (χ1) is 13.5. The summed E-state index contributed by atoms with van der Waals surface area (Å²) in [6.45, 7) is 3.98. The predicted molar refractivity (Wildman–Crippen MR) is 111 cm³/mol. The van der Waals surface area contributed by atoms with E-state index in [1.54, 1.807) is 24.3 Å². The van der Waals surface area contributed by atoms with E-state index in [1.807, 2.05) is 32.0 Å². The van der Waals surface area contributed by atoms with Gasteiger partial charge in [0, 0.05) is 17.3 Å². The van der Waals surface area contributed by atoms with Crippen molar-refractivity contribution < 1.29 is 14.3 Å². The molecule has 0 atom stereocenters. The van der Waals surface area contributed by atoms with Crippen LogP contribution in [0.25, 0.3) is 0 Å². The van der Waals surface area contributed by atoms with Crippen LogP contribution in [0, 0.1) is 13.8 Å². The Morgan fingerprint density at radius 3 is 2.36 bits per heavy atom. The van der Waals surface area contributed by atoms with Gasteiger partial charge in [-0.25, -0.2) is 0 Å². The molecule has 2 aromatic rings. The molecule has 1 fully saturated rings. The monoisotopic (exact) mass is 380 g/mol. The van der Waals surface area contributed by atoms with Gasteiger partial charge >= 0.3 is 0 Å². The molecule has 0 spiro atoms. The van der Waals surface area contributed by atoms with Crippen molar-refractivity contribution in [3.05, 3.63) is 59.2 Å². The molecule has 0 bridgehead atoms. The Labute approximate surface area is 166 Å². The van der Waals surface area contributed by atoms with E-state index < -0.39 is 0 Å². The normalized spacial score (nSPS) is 14.4. The second-order valence-corrected chi connectivity index (χ2v) is 7.47. The highest BCUT2D eigenvalue weighted by Gasteiger charge is 2.16. The number of carbonyl (C=O) groups excluding carboxylic acids is 2. The van der Waals surface area contributed by atoms with Crippen LogP contribution in [0.5, 0.6) is 5.75 Å². The number of amides is 2. The highest BCUT2D eigenvalue weighted by atomic mass is 16.5. The Morgan fingerprint density at radius 2 is 1.68 bits per heavy atom. The molecule has 5 heteroatoms. The van der Waals surface area contributed by atoms with Crippen molar-refractivity contribution in [1.82, 2.24) is 5.32 Å². The summed E-state index contributed by atoms with van der Waals surface area (Å²) in [5.74, 6) is 0.383. The molecule has 0 unspecified atom stereocenters. The zero-order valence-electron chi connectivity index (χ0n) is 16.6. The minimum absolute atomic E-state index is 0.0529. The lowest BCUT2D eigenvalue weighted by atomic mass is 9.95. The van der Waals surface area contributed by atoms with Gasteiger partial charge in [-0.2, -0.15) is 0 Å². The lowest BCUT2D eigenvalue weighted by Crippen LogP contribution is -2.36. The van der Waals surface area contributed by atoms with Crippen LogP contribution >= 0.6 is 0 Å². The number of ether oxygens (including phenoxy) is 1. The summed E-state index contributed by atoms with van der Waals surface area (Å²) in [5, 5.41) is 5.89. The Kier molecular flexibility index (Phi) is 6.69. The standard InChI is InChI=1S/C23H28N2O3/c1-16-8-13-21(14-17(16)2)28-15-22(26)24-20-11-9-18(10-12-20)23(27)25-19-6-4-3-5-7-19/h8-14,19H,3-7,15H2,1-2H3,(H,24,26)(H,25,27). The van der Waals surface area contributed by atoms with Gasteiger partial charge in [-0.05, 0) is 74.2 Å². The van der Waals surface area contributed by atoms with E-state index in [0.29, 0.717) is 17.0 Å². The average Bonchev–Trinajstić information content (AvgIpc) is 2.70. The quantitative estimate of drug-likeness (QED) is 0.781. The smallest absolute Gasteiger partial charge is 0.262 e. The Balaban J connectivity index is 1.48. The van der Waals surface area contributed by atoms with E-state index in [1.165, 1.54) is 24.8 Å². The van der Waals surface area contributed by atoms with Gasteiger partial charge < -0.3 is 15.4 Å². The maximum absolute atomic E-state index is 12.3. The van der Waals surface area contributed by atoms with Crippen molar-refractivity contribution >= 4 is 17.5 Å². The van der Waals surface area contributed by atoms with E-state index in [0.717, 1.165) is 18.4 Å². The molecule has 28 heavy (non-hydrogen) atoms. The molecule has 0 aromatic heterocycles. The zero-order valence-corrected chi connectivity index (χ0v) is 16.6. The molecular formula is C23H28N2O3. The summed E-state index contributed by atoms with van der Waals surface area (Å²) < 4.78 is 5.55. The van der Waals surface area contributed by atoms with Crippen LogP contribution in [-0.4, -0.2) is 24.5 Å². The molecule has 2 aromatic carbocycles. The Hall–Kier alpha value is -2.82. The SMILES string of the molecule is Cc1ccc(OCC(=O)Nc2ccc(C(=O)NC3CCCCC3)cc2)cc1C. The number of carbonyl (C=O) groups is 2. The molecule has 1 aliphatic carbocycles. The van der Waals surface area contributed by atoms with Crippen molar-refractivity contribution in [2.45, 2.75) is 52.0 Å². The van der Waals surface area contributed by atoms with Crippen molar-refractivity contribution in [1.29, 1.82) is 0 Å². The number of nitrogens with one attached hydrogen (secondary N) is 2. The molecule has 0 radical (unpaired) electrons. The molecule has 0 heterocycles. The fraction of sp³-hybridized carbons (Fsp3) is 0.391. The van der Waals surface area contributed by atoms with Gasteiger partial charge in [0.1, 0.15) is 5.75 Å². The van der Waals surface area contributed by atoms with Crippen LogP contribution in [0.4, 0.5) is 5.69 Å². The van der Waals surface area contributed by atoms with E-state index in [9.17, 15) is 9.59 Å². The molecule has 148 valence electrons. The molecule has 2 N–H and O–H groups in total. The fourth-order valence-corrected chi connectivity index (χ4v) is 3.37. The summed E-state index contributed by atoms with van der Waals surface area (Å²) in [6, 6.07) is 13.0. The van der Waals surface area contributed by atoms with Gasteiger partial charge in [0.05, 0.1) is 0 Å². The van der Waals surface area contributed by atoms with Crippen LogP contribution in [0.1, 0.15) is 53.6 Å². The second-order valence-electron chi connectivity index (χ2n) is 7.47. The van der Waals surface area contributed by atoms with Gasteiger partial charge in [-0.3, -0.25) is 9.59 Å². The first-order valence-electron chi connectivity index (χ1n) is 9.92. The molecule has 2 amide bonds. The molecule has 1 saturated carbocycles. The lowest BCUT2D eigenvalue weighted by molar-refractivity contribution is -0.118. The van der Waals surface area contributed by atoms with Crippen molar-refractivity contribution in [2.75, 3.05) is 11.9 Å². The molecule has 5 nitrogen and oxygen atoms in total. The number of aryl methyl sites for hydroxylation is 2. The number of anilines is 1. The van der Waals surface area contributed by atoms with Crippen molar-refractivity contribution in [3.63, 3.8) is 0 Å². The third-order valence-corrected chi connectivity index (χ3v) is 5.22. The van der Waals surface area contributed by atoms with Crippen LogP contribution in [-0.2, 0) is 4.79 Å². The van der Waals surface area contributed by atoms with Crippen molar-refractivity contribution in [2.24, 2.45) is 0 Å². The first kappa shape index (κ1) is 19.9. The Morgan fingerprint density at radius 1 is 0.964 bits per heavy atom. The number of hydrogen-bond acceptors (Lipinski definition) is 3. The number of hydrogen-bond donors (Lipinski definition) is 2. The molecule has 1 aliphatic rings. The summed E-state index contributed by atoms with van der Waals surface area (Å²) >= 11 is 0. The fourth-order valence-electron chi connectivity index (χ4n) is 3.37. The van der Waals surface area contributed by atoms with Crippen LogP contribution < -0.4 is 15.4 Å². The summed E-state index contributed by atoms with van der Waals surface area (Å²) in [6.07, 6.45) is 5.73. The highest BCUT2D eigenvalue weighted by molar-refractivity contribution is 5.96. The molecule has 0 aliphatic heterocycles. The largest absolute Gasteiger partial charge is 0.484 e. The van der Waals surface area contributed by atoms with E-state index >= 15 is 0 Å². The van der Waals surface area contributed by atoms with Gasteiger partial charge in [-0.1, -0.05) is 25.3 Å². The summed E-state index contributed by atoms with van der Waals surface area (Å²) in [4.78, 5) is 24.4. The highest BCUT2D eigenvalue weighted by Crippen LogP contribution is 2.19. The van der Waals surface area contributed by atoms with Crippen molar-refractivity contribution in [3.8, 4) is 5.75 Å². The van der Waals surface area contributed by atoms with Gasteiger partial charge in [0.15, 0.2) is 6.61 Å². The maximum Gasteiger partial charge on any atom is 0.262 e. The molecule has 0 saturated heterocycles. The predicted octanol–water partition coefficient (Wildman–Crippen LogP) is 4.38. The molecule has 3 rings (SSSR count). The minimum Gasteiger partial charge on any atom is -0.484 e. The van der Waals surface area contributed by atoms with Crippen LogP contribution in [0.15, 0.2) is 42.5 Å². The average molecular weight is 380 g/mol. The minimum atomic E-state index is -0.238. The third kappa shape index (κ3) is 5.59. The summed E-state index contributed by atoms with van der Waals surface area (Å²) in [5.41, 5.74) is 3.56.